The summed E-state index contributed by atoms with van der Waals surface area (Å²) in [7, 11) is 1.73. The van der Waals surface area contributed by atoms with Crippen LogP contribution in [0.25, 0.3) is 0 Å². The molecule has 112 valence electrons. The van der Waals surface area contributed by atoms with Crippen molar-refractivity contribution in [3.05, 3.63) is 51.7 Å². The Bertz CT molecular complexity index is 590. The minimum absolute atomic E-state index is 0.335. The Morgan fingerprint density at radius 3 is 2.71 bits per heavy atom. The summed E-state index contributed by atoms with van der Waals surface area (Å²) in [5, 5.41) is 5.64. The maximum atomic E-state index is 5.41. The molecule has 0 spiro atoms. The Kier molecular flexibility index (Phi) is 4.58. The smallest absolute Gasteiger partial charge is 0.119 e. The average Bonchev–Trinajstić information content (AvgIpc) is 2.95. The van der Waals surface area contributed by atoms with Gasteiger partial charge in [0, 0.05) is 31.1 Å². The second kappa shape index (κ2) is 6.60. The molecule has 1 unspecified atom stereocenters. The molecule has 1 atom stereocenters. The van der Waals surface area contributed by atoms with Crippen molar-refractivity contribution in [2.45, 2.75) is 13.0 Å². The number of hydrogen-bond donors (Lipinski definition) is 1. The fourth-order valence-electron chi connectivity index (χ4n) is 2.94. The van der Waals surface area contributed by atoms with Crippen molar-refractivity contribution in [2.75, 3.05) is 33.3 Å². The topological polar surface area (TPSA) is 24.5 Å². The number of piperazine rings is 1. The van der Waals surface area contributed by atoms with Crippen LogP contribution < -0.4 is 10.1 Å². The summed E-state index contributed by atoms with van der Waals surface area (Å²) in [6, 6.07) is 11.0. The highest BCUT2D eigenvalue weighted by Crippen LogP contribution is 2.35. The summed E-state index contributed by atoms with van der Waals surface area (Å²) in [6.45, 7) is 6.50. The van der Waals surface area contributed by atoms with Crippen molar-refractivity contribution in [1.82, 2.24) is 10.2 Å². The Morgan fingerprint density at radius 2 is 2.05 bits per heavy atom. The first-order chi connectivity index (χ1) is 10.3. The molecule has 1 aliphatic rings. The molecule has 21 heavy (non-hydrogen) atoms. The second-order valence-electron chi connectivity index (χ2n) is 5.43. The fraction of sp³-hybridized carbons (Fsp3) is 0.412. The number of rotatable bonds is 4. The number of methoxy groups -OCH3 is 1. The van der Waals surface area contributed by atoms with Crippen LogP contribution in [0.5, 0.6) is 5.75 Å². The van der Waals surface area contributed by atoms with E-state index in [1.54, 1.807) is 7.11 Å². The first-order valence-electron chi connectivity index (χ1n) is 7.42. The largest absolute Gasteiger partial charge is 0.497 e. The van der Waals surface area contributed by atoms with Crippen LogP contribution in [0.15, 0.2) is 35.7 Å². The van der Waals surface area contributed by atoms with Crippen LogP contribution in [-0.4, -0.2) is 38.2 Å². The lowest BCUT2D eigenvalue weighted by atomic mass is 10.00. The molecule has 2 aromatic rings. The summed E-state index contributed by atoms with van der Waals surface area (Å²) in [5.74, 6) is 0.932. The molecule has 4 heteroatoms. The van der Waals surface area contributed by atoms with E-state index >= 15 is 0 Å². The Morgan fingerprint density at radius 1 is 1.24 bits per heavy atom. The number of nitrogens with one attached hydrogen (secondary N) is 1. The zero-order valence-corrected chi connectivity index (χ0v) is 13.5. The highest BCUT2D eigenvalue weighted by Gasteiger charge is 2.26. The predicted molar refractivity (Wildman–Crippen MR) is 88.3 cm³/mol. The van der Waals surface area contributed by atoms with Crippen LogP contribution in [0.4, 0.5) is 0 Å². The van der Waals surface area contributed by atoms with Gasteiger partial charge in [-0.1, -0.05) is 12.1 Å². The van der Waals surface area contributed by atoms with Gasteiger partial charge in [-0.05, 0) is 41.6 Å². The molecule has 0 amide bonds. The van der Waals surface area contributed by atoms with Crippen LogP contribution in [0, 0.1) is 6.92 Å². The molecule has 1 aromatic heterocycles. The van der Waals surface area contributed by atoms with Gasteiger partial charge >= 0.3 is 0 Å². The molecular formula is C17H22N2OS. The highest BCUT2D eigenvalue weighted by molar-refractivity contribution is 7.10. The molecule has 0 radical (unpaired) electrons. The third kappa shape index (κ3) is 3.12. The van der Waals surface area contributed by atoms with Crippen molar-refractivity contribution in [1.29, 1.82) is 0 Å². The second-order valence-corrected chi connectivity index (χ2v) is 6.38. The Hall–Kier alpha value is -1.36. The van der Waals surface area contributed by atoms with Gasteiger partial charge in [0.15, 0.2) is 0 Å². The van der Waals surface area contributed by atoms with Gasteiger partial charge in [-0.2, -0.15) is 0 Å². The molecule has 3 rings (SSSR count). The Balaban J connectivity index is 2.00. The number of hydrogen-bond acceptors (Lipinski definition) is 4. The fourth-order valence-corrected chi connectivity index (χ4v) is 4.03. The average molecular weight is 302 g/mol. The van der Waals surface area contributed by atoms with Crippen molar-refractivity contribution in [3.8, 4) is 5.75 Å². The van der Waals surface area contributed by atoms with Crippen molar-refractivity contribution >= 4 is 11.3 Å². The van der Waals surface area contributed by atoms with Crippen LogP contribution in [-0.2, 0) is 0 Å². The molecule has 0 bridgehead atoms. The quantitative estimate of drug-likeness (QED) is 0.939. The standard InChI is InChI=1S/C17H22N2OS/c1-13-6-11-21-17(13)16(19-9-7-18-8-10-19)14-4-3-5-15(12-14)20-2/h3-6,11-12,16,18H,7-10H2,1-2H3. The van der Waals surface area contributed by atoms with Crippen molar-refractivity contribution in [2.24, 2.45) is 0 Å². The monoisotopic (exact) mass is 302 g/mol. The van der Waals surface area contributed by atoms with Gasteiger partial charge in [-0.3, -0.25) is 4.90 Å². The molecule has 1 saturated heterocycles. The molecule has 3 nitrogen and oxygen atoms in total. The van der Waals surface area contributed by atoms with Gasteiger partial charge in [0.2, 0.25) is 0 Å². The first kappa shape index (κ1) is 14.6. The molecule has 0 saturated carbocycles. The Labute approximate surface area is 130 Å². The zero-order chi connectivity index (χ0) is 14.7. The molecule has 1 fully saturated rings. The zero-order valence-electron chi connectivity index (χ0n) is 12.6. The van der Waals surface area contributed by atoms with E-state index in [4.69, 9.17) is 4.74 Å². The lowest BCUT2D eigenvalue weighted by Crippen LogP contribution is -2.45. The number of benzene rings is 1. The van der Waals surface area contributed by atoms with Crippen LogP contribution >= 0.6 is 11.3 Å². The van der Waals surface area contributed by atoms with Crippen LogP contribution in [0.2, 0.25) is 0 Å². The molecular weight excluding hydrogens is 280 g/mol. The SMILES string of the molecule is COc1cccc(C(c2sccc2C)N2CCNCC2)c1. The van der Waals surface area contributed by atoms with Gasteiger partial charge in [-0.25, -0.2) is 0 Å². The molecule has 2 heterocycles. The van der Waals surface area contributed by atoms with E-state index in [1.807, 2.05) is 17.4 Å². The van der Waals surface area contributed by atoms with Gasteiger partial charge in [-0.15, -0.1) is 11.3 Å². The van der Waals surface area contributed by atoms with Gasteiger partial charge in [0.1, 0.15) is 5.75 Å². The van der Waals surface area contributed by atoms with Gasteiger partial charge in [0.25, 0.3) is 0 Å². The van der Waals surface area contributed by atoms with E-state index in [9.17, 15) is 0 Å². The maximum Gasteiger partial charge on any atom is 0.119 e. The number of aryl methyl sites for hydroxylation is 1. The number of ether oxygens (including phenoxy) is 1. The number of thiophene rings is 1. The molecule has 1 N–H and O–H groups in total. The third-order valence-electron chi connectivity index (χ3n) is 4.08. The summed E-state index contributed by atoms with van der Waals surface area (Å²) in [6.07, 6.45) is 0. The minimum Gasteiger partial charge on any atom is -0.497 e. The highest BCUT2D eigenvalue weighted by atomic mass is 32.1. The summed E-state index contributed by atoms with van der Waals surface area (Å²) in [4.78, 5) is 4.02. The molecule has 0 aliphatic carbocycles. The van der Waals surface area contributed by atoms with E-state index < -0.39 is 0 Å². The summed E-state index contributed by atoms with van der Waals surface area (Å²) >= 11 is 1.86. The summed E-state index contributed by atoms with van der Waals surface area (Å²) in [5.41, 5.74) is 2.70. The van der Waals surface area contributed by atoms with Crippen molar-refractivity contribution < 1.29 is 4.74 Å². The van der Waals surface area contributed by atoms with E-state index in [0.717, 1.165) is 31.9 Å². The molecule has 1 aromatic carbocycles. The number of nitrogens with zero attached hydrogens (tertiary/aromatic N) is 1. The minimum atomic E-state index is 0.335. The third-order valence-corrected chi connectivity index (χ3v) is 5.15. The van der Waals surface area contributed by atoms with Gasteiger partial charge in [0.05, 0.1) is 13.2 Å². The van der Waals surface area contributed by atoms with E-state index in [0.29, 0.717) is 6.04 Å². The van der Waals surface area contributed by atoms with E-state index in [1.165, 1.54) is 16.0 Å². The van der Waals surface area contributed by atoms with Crippen molar-refractivity contribution in [3.63, 3.8) is 0 Å². The van der Waals surface area contributed by atoms with E-state index in [2.05, 4.69) is 46.8 Å². The van der Waals surface area contributed by atoms with Gasteiger partial charge < -0.3 is 10.1 Å². The normalized spacial score (nSPS) is 17.6. The molecule has 1 aliphatic heterocycles. The lowest BCUT2D eigenvalue weighted by Gasteiger charge is -2.35. The van der Waals surface area contributed by atoms with Crippen LogP contribution in [0.3, 0.4) is 0 Å². The van der Waals surface area contributed by atoms with Crippen LogP contribution in [0.1, 0.15) is 22.0 Å². The summed E-state index contributed by atoms with van der Waals surface area (Å²) < 4.78 is 5.41. The first-order valence-corrected chi connectivity index (χ1v) is 8.30. The lowest BCUT2D eigenvalue weighted by molar-refractivity contribution is 0.200. The van der Waals surface area contributed by atoms with E-state index in [-0.39, 0.29) is 0 Å². The maximum absolute atomic E-state index is 5.41. The predicted octanol–water partition coefficient (Wildman–Crippen LogP) is 3.06.